The molecule has 0 aliphatic rings. The van der Waals surface area contributed by atoms with Crippen LogP contribution in [0.1, 0.15) is 20.3 Å². The second-order valence-corrected chi connectivity index (χ2v) is 3.18. The summed E-state index contributed by atoms with van der Waals surface area (Å²) in [4.78, 5) is 23.9. The van der Waals surface area contributed by atoms with Crippen molar-refractivity contribution in [2.24, 2.45) is 0 Å². The van der Waals surface area contributed by atoms with Crippen molar-refractivity contribution in [3.8, 4) is 0 Å². The van der Waals surface area contributed by atoms with Gasteiger partial charge in [-0.2, -0.15) is 0 Å². The third-order valence-electron chi connectivity index (χ3n) is 2.02. The highest BCUT2D eigenvalue weighted by atomic mass is 16.5. The number of hydrogen-bond acceptors (Lipinski definition) is 5. The molecule has 1 aromatic heterocycles. The topological polar surface area (TPSA) is 73.2 Å². The van der Waals surface area contributed by atoms with Gasteiger partial charge in [-0.3, -0.25) is 0 Å². The maximum atomic E-state index is 11.3. The summed E-state index contributed by atoms with van der Waals surface area (Å²) in [6.45, 7) is 3.86. The molecule has 0 aromatic carbocycles. The van der Waals surface area contributed by atoms with E-state index in [4.69, 9.17) is 9.53 Å². The summed E-state index contributed by atoms with van der Waals surface area (Å²) in [5.74, 6) is 0. The Balaban J connectivity index is 0.000000770. The molecule has 0 aliphatic carbocycles. The van der Waals surface area contributed by atoms with E-state index in [-0.39, 0.29) is 6.04 Å². The van der Waals surface area contributed by atoms with Crippen molar-refractivity contribution >= 4 is 12.4 Å². The Bertz CT molecular complexity index is 308. The highest BCUT2D eigenvalue weighted by Crippen LogP contribution is 1.94. The minimum atomic E-state index is -0.392. The van der Waals surface area contributed by atoms with Gasteiger partial charge in [-0.25, -0.2) is 14.3 Å². The van der Waals surface area contributed by atoms with E-state index in [0.717, 1.165) is 12.7 Å². The van der Waals surface area contributed by atoms with Crippen molar-refractivity contribution in [2.45, 2.75) is 26.3 Å². The smallest absolute Gasteiger partial charge is 0.419 e. The minimum absolute atomic E-state index is 0.211. The number of carbonyl (C=O) groups excluding carboxylic acids is 2. The van der Waals surface area contributed by atoms with Gasteiger partial charge >= 0.3 is 6.09 Å². The van der Waals surface area contributed by atoms with Crippen LogP contribution in [0, 0.1) is 0 Å². The second-order valence-electron chi connectivity index (χ2n) is 3.18. The predicted octanol–water partition coefficient (Wildman–Crippen LogP) is 1.07. The molecule has 0 fully saturated rings. The molecule has 1 atom stereocenters. The first-order chi connectivity index (χ1) is 8.19. The first kappa shape index (κ1) is 15.3. The summed E-state index contributed by atoms with van der Waals surface area (Å²) in [5.41, 5.74) is 0. The van der Waals surface area contributed by atoms with E-state index in [1.807, 2.05) is 14.0 Å². The Morgan fingerprint density at radius 2 is 2.29 bits per heavy atom. The Morgan fingerprint density at radius 1 is 1.65 bits per heavy atom. The Labute approximate surface area is 101 Å². The number of carbonyl (C=O) groups is 2. The maximum Gasteiger partial charge on any atom is 0.419 e. The van der Waals surface area contributed by atoms with Crippen LogP contribution in [0.4, 0.5) is 4.79 Å². The number of aldehydes is 1. The average Bonchev–Trinajstić information content (AvgIpc) is 2.84. The molecule has 1 N–H and O–H groups in total. The zero-order chi connectivity index (χ0) is 13.1. The largest absolute Gasteiger partial charge is 0.447 e. The summed E-state index contributed by atoms with van der Waals surface area (Å²) in [6, 6.07) is 0.211. The summed E-state index contributed by atoms with van der Waals surface area (Å²) >= 11 is 0. The van der Waals surface area contributed by atoms with Crippen LogP contribution in [0.15, 0.2) is 18.7 Å². The number of imidazole rings is 1. The van der Waals surface area contributed by atoms with Crippen LogP contribution in [0.5, 0.6) is 0 Å². The Morgan fingerprint density at radius 3 is 2.71 bits per heavy atom. The third kappa shape index (κ3) is 6.47. The molecule has 0 aliphatic heterocycles. The summed E-state index contributed by atoms with van der Waals surface area (Å²) in [6.07, 6.45) is 5.80. The van der Waals surface area contributed by atoms with Gasteiger partial charge in [0.1, 0.15) is 19.2 Å². The average molecular weight is 241 g/mol. The van der Waals surface area contributed by atoms with Crippen molar-refractivity contribution in [2.75, 3.05) is 13.7 Å². The molecule has 0 spiro atoms. The van der Waals surface area contributed by atoms with Gasteiger partial charge in [0.2, 0.25) is 0 Å². The molecule has 17 heavy (non-hydrogen) atoms. The molecule has 1 rings (SSSR count). The number of likely N-dealkylation sites (N-methyl/N-ethyl adjacent to an activating group) is 1. The zero-order valence-corrected chi connectivity index (χ0v) is 10.4. The molecule has 0 saturated carbocycles. The van der Waals surface area contributed by atoms with Gasteiger partial charge in [0.25, 0.3) is 0 Å². The van der Waals surface area contributed by atoms with E-state index in [0.29, 0.717) is 6.61 Å². The van der Waals surface area contributed by atoms with Crippen LogP contribution in [0.25, 0.3) is 0 Å². The van der Waals surface area contributed by atoms with E-state index in [1.165, 1.54) is 24.0 Å². The van der Waals surface area contributed by atoms with Crippen LogP contribution in [0.3, 0.4) is 0 Å². The fourth-order valence-corrected chi connectivity index (χ4v) is 1.02. The maximum absolute atomic E-state index is 11.3. The predicted molar refractivity (Wildman–Crippen MR) is 63.8 cm³/mol. The van der Waals surface area contributed by atoms with Crippen LogP contribution in [-0.2, 0) is 9.53 Å². The molecule has 0 amide bonds. The molecular formula is C11H19N3O3. The lowest BCUT2D eigenvalue weighted by Crippen LogP contribution is -2.31. The third-order valence-corrected chi connectivity index (χ3v) is 2.02. The summed E-state index contributed by atoms with van der Waals surface area (Å²) in [7, 11) is 1.85. The first-order valence-electron chi connectivity index (χ1n) is 5.41. The van der Waals surface area contributed by atoms with Gasteiger partial charge < -0.3 is 14.8 Å². The van der Waals surface area contributed by atoms with Crippen molar-refractivity contribution in [3.05, 3.63) is 18.7 Å². The molecule has 0 radical (unpaired) electrons. The van der Waals surface area contributed by atoms with Crippen molar-refractivity contribution < 1.29 is 14.3 Å². The van der Waals surface area contributed by atoms with Gasteiger partial charge in [0.15, 0.2) is 0 Å². The highest BCUT2D eigenvalue weighted by molar-refractivity contribution is 5.69. The van der Waals surface area contributed by atoms with E-state index in [1.54, 1.807) is 6.20 Å². The van der Waals surface area contributed by atoms with Crippen LogP contribution >= 0.6 is 0 Å². The van der Waals surface area contributed by atoms with Crippen molar-refractivity contribution in [3.63, 3.8) is 0 Å². The fourth-order valence-electron chi connectivity index (χ4n) is 1.02. The molecule has 0 saturated heterocycles. The lowest BCUT2D eigenvalue weighted by Gasteiger charge is -2.13. The molecule has 96 valence electrons. The van der Waals surface area contributed by atoms with Crippen molar-refractivity contribution in [1.82, 2.24) is 14.9 Å². The standard InChI is InChI=1S/C9H15N3O2.C2H4O/c1-3-8(10-2)6-14-9(13)12-5-4-11-7-12;1-2-3/h4-5,7-8,10H,3,6H2,1-2H3;2H,1H3. The normalized spacial score (nSPS) is 11.0. The Hall–Kier alpha value is -1.69. The second kappa shape index (κ2) is 9.53. The van der Waals surface area contributed by atoms with Crippen LogP contribution < -0.4 is 5.32 Å². The van der Waals surface area contributed by atoms with Gasteiger partial charge in [-0.05, 0) is 20.4 Å². The number of nitrogens with one attached hydrogen (secondary N) is 1. The molecule has 6 nitrogen and oxygen atoms in total. The molecule has 0 bridgehead atoms. The number of hydrogen-bond donors (Lipinski definition) is 1. The molecule has 6 heteroatoms. The minimum Gasteiger partial charge on any atom is -0.447 e. The molecular weight excluding hydrogens is 222 g/mol. The molecule has 1 heterocycles. The zero-order valence-electron chi connectivity index (χ0n) is 10.4. The SMILES string of the molecule is CC=O.CCC(COC(=O)n1ccnc1)NC. The molecule has 1 unspecified atom stereocenters. The van der Waals surface area contributed by atoms with Gasteiger partial charge in [-0.15, -0.1) is 0 Å². The number of rotatable bonds is 4. The quantitative estimate of drug-likeness (QED) is 0.798. The lowest BCUT2D eigenvalue weighted by molar-refractivity contribution is -0.106. The van der Waals surface area contributed by atoms with Gasteiger partial charge in [0.05, 0.1) is 0 Å². The summed E-state index contributed by atoms with van der Waals surface area (Å²) < 4.78 is 6.36. The van der Waals surface area contributed by atoms with Crippen molar-refractivity contribution in [1.29, 1.82) is 0 Å². The van der Waals surface area contributed by atoms with E-state index in [9.17, 15) is 4.79 Å². The number of aromatic nitrogens is 2. The fraction of sp³-hybridized carbons (Fsp3) is 0.545. The monoisotopic (exact) mass is 241 g/mol. The van der Waals surface area contributed by atoms with E-state index in [2.05, 4.69) is 10.3 Å². The summed E-state index contributed by atoms with van der Waals surface area (Å²) in [5, 5.41) is 3.05. The highest BCUT2D eigenvalue weighted by Gasteiger charge is 2.08. The van der Waals surface area contributed by atoms with Crippen LogP contribution in [-0.4, -0.2) is 41.6 Å². The molecule has 1 aromatic rings. The first-order valence-corrected chi connectivity index (χ1v) is 5.41. The lowest BCUT2D eigenvalue weighted by atomic mass is 10.2. The van der Waals surface area contributed by atoms with Crippen LogP contribution in [0.2, 0.25) is 0 Å². The Kier molecular flexibility index (Phi) is 8.58. The van der Waals surface area contributed by atoms with Gasteiger partial charge in [0, 0.05) is 18.4 Å². The van der Waals surface area contributed by atoms with Gasteiger partial charge in [-0.1, -0.05) is 6.92 Å². The number of ether oxygens (including phenoxy) is 1. The van der Waals surface area contributed by atoms with E-state index < -0.39 is 6.09 Å². The van der Waals surface area contributed by atoms with E-state index >= 15 is 0 Å². The number of nitrogens with zero attached hydrogens (tertiary/aromatic N) is 2.